The van der Waals surface area contributed by atoms with Gasteiger partial charge < -0.3 is 15.2 Å². The van der Waals surface area contributed by atoms with E-state index >= 15 is 0 Å². The Bertz CT molecular complexity index is 523. The topological polar surface area (TPSA) is 57.4 Å². The van der Waals surface area contributed by atoms with Gasteiger partial charge in [0.15, 0.2) is 0 Å². The molecule has 1 aliphatic heterocycles. The molecule has 0 bridgehead atoms. The predicted octanol–water partition coefficient (Wildman–Crippen LogP) is 1.59. The van der Waals surface area contributed by atoms with E-state index in [0.717, 1.165) is 16.7 Å². The molecule has 1 aromatic heterocycles. The first kappa shape index (κ1) is 9.42. The number of aromatic nitrogens is 1. The number of nitrogens with two attached hydrogens (primary N) is 1. The first-order valence-electron chi connectivity index (χ1n) is 5.21. The second kappa shape index (κ2) is 3.64. The summed E-state index contributed by atoms with van der Waals surface area (Å²) >= 11 is 0. The van der Waals surface area contributed by atoms with Crippen LogP contribution in [0.2, 0.25) is 0 Å². The Morgan fingerprint density at radius 1 is 1.31 bits per heavy atom. The van der Waals surface area contributed by atoms with E-state index in [4.69, 9.17) is 15.2 Å². The zero-order chi connectivity index (χ0) is 11.0. The number of hydrogen-bond acceptors (Lipinski definition) is 4. The molecule has 2 N–H and O–H groups in total. The lowest BCUT2D eigenvalue weighted by molar-refractivity contribution is -0.0791. The first-order valence-corrected chi connectivity index (χ1v) is 5.21. The molecule has 4 nitrogen and oxygen atoms in total. The summed E-state index contributed by atoms with van der Waals surface area (Å²) in [6, 6.07) is 7.51. The lowest BCUT2D eigenvalue weighted by Crippen LogP contribution is -2.38. The highest BCUT2D eigenvalue weighted by Crippen LogP contribution is 2.27. The normalized spacial score (nSPS) is 16.0. The standard InChI is InChI=1S/C12H12N2O2/c13-8-1-2-10-11(5-8)14-4-3-12(10)16-9-6-15-7-9/h1-5,9H,6-7,13H2. The van der Waals surface area contributed by atoms with Crippen molar-refractivity contribution in [3.63, 3.8) is 0 Å². The number of rotatable bonds is 2. The smallest absolute Gasteiger partial charge is 0.145 e. The van der Waals surface area contributed by atoms with Crippen molar-refractivity contribution in [2.24, 2.45) is 0 Å². The second-order valence-corrected chi connectivity index (χ2v) is 3.86. The van der Waals surface area contributed by atoms with E-state index in [9.17, 15) is 0 Å². The molecule has 0 atom stereocenters. The Morgan fingerprint density at radius 2 is 2.19 bits per heavy atom. The number of benzene rings is 1. The van der Waals surface area contributed by atoms with E-state index in [1.165, 1.54) is 0 Å². The van der Waals surface area contributed by atoms with Crippen LogP contribution in [0.5, 0.6) is 5.75 Å². The molecule has 3 rings (SSSR count). The molecule has 0 amide bonds. The minimum Gasteiger partial charge on any atom is -0.485 e. The molecule has 0 saturated carbocycles. The minimum atomic E-state index is 0.170. The molecule has 1 fully saturated rings. The summed E-state index contributed by atoms with van der Waals surface area (Å²) in [5, 5.41) is 0.989. The summed E-state index contributed by atoms with van der Waals surface area (Å²) in [7, 11) is 0. The first-order chi connectivity index (χ1) is 7.83. The van der Waals surface area contributed by atoms with Crippen molar-refractivity contribution in [3.8, 4) is 5.75 Å². The van der Waals surface area contributed by atoms with Gasteiger partial charge in [0.25, 0.3) is 0 Å². The highest BCUT2D eigenvalue weighted by molar-refractivity contribution is 5.87. The molecule has 16 heavy (non-hydrogen) atoms. The van der Waals surface area contributed by atoms with Gasteiger partial charge in [0.2, 0.25) is 0 Å². The van der Waals surface area contributed by atoms with Crippen molar-refractivity contribution >= 4 is 16.6 Å². The van der Waals surface area contributed by atoms with Crippen molar-refractivity contribution in [1.82, 2.24) is 4.98 Å². The summed E-state index contributed by atoms with van der Waals surface area (Å²) in [4.78, 5) is 4.26. The summed E-state index contributed by atoms with van der Waals surface area (Å²) in [6.45, 7) is 1.33. The van der Waals surface area contributed by atoms with E-state index in [-0.39, 0.29) is 6.10 Å². The van der Waals surface area contributed by atoms with Crippen LogP contribution in [-0.4, -0.2) is 24.3 Å². The van der Waals surface area contributed by atoms with Gasteiger partial charge >= 0.3 is 0 Å². The van der Waals surface area contributed by atoms with Crippen LogP contribution in [0.1, 0.15) is 0 Å². The Kier molecular flexibility index (Phi) is 2.15. The number of hydrogen-bond donors (Lipinski definition) is 1. The highest BCUT2D eigenvalue weighted by Gasteiger charge is 2.20. The third kappa shape index (κ3) is 1.57. The Balaban J connectivity index is 2.02. The fourth-order valence-electron chi connectivity index (χ4n) is 1.70. The zero-order valence-corrected chi connectivity index (χ0v) is 8.72. The van der Waals surface area contributed by atoms with Crippen LogP contribution in [0, 0.1) is 0 Å². The van der Waals surface area contributed by atoms with Crippen LogP contribution in [-0.2, 0) is 4.74 Å². The minimum absolute atomic E-state index is 0.170. The van der Waals surface area contributed by atoms with E-state index in [0.29, 0.717) is 18.9 Å². The molecule has 0 unspecified atom stereocenters. The number of ether oxygens (including phenoxy) is 2. The molecular weight excluding hydrogens is 204 g/mol. The molecule has 1 aliphatic rings. The number of fused-ring (bicyclic) bond motifs is 1. The molecule has 1 saturated heterocycles. The SMILES string of the molecule is Nc1ccc2c(OC3COC3)ccnc2c1. The maximum Gasteiger partial charge on any atom is 0.145 e. The molecule has 82 valence electrons. The van der Waals surface area contributed by atoms with Crippen LogP contribution in [0.4, 0.5) is 5.69 Å². The quantitative estimate of drug-likeness (QED) is 0.774. The van der Waals surface area contributed by atoms with Crippen molar-refractivity contribution in [2.45, 2.75) is 6.10 Å². The molecule has 1 aromatic carbocycles. The molecule has 2 heterocycles. The van der Waals surface area contributed by atoms with Crippen molar-refractivity contribution in [1.29, 1.82) is 0 Å². The number of nitrogens with zero attached hydrogens (tertiary/aromatic N) is 1. The van der Waals surface area contributed by atoms with E-state index < -0.39 is 0 Å². The molecular formula is C12H12N2O2. The van der Waals surface area contributed by atoms with Gasteiger partial charge in [-0.05, 0) is 24.3 Å². The summed E-state index contributed by atoms with van der Waals surface area (Å²) in [5.74, 6) is 0.846. The largest absolute Gasteiger partial charge is 0.485 e. The van der Waals surface area contributed by atoms with Gasteiger partial charge in [-0.2, -0.15) is 0 Å². The summed E-state index contributed by atoms with van der Waals surface area (Å²) < 4.78 is 10.9. The van der Waals surface area contributed by atoms with Crippen molar-refractivity contribution in [2.75, 3.05) is 18.9 Å². The fraction of sp³-hybridized carbons (Fsp3) is 0.250. The van der Waals surface area contributed by atoms with Crippen LogP contribution in [0.15, 0.2) is 30.5 Å². The van der Waals surface area contributed by atoms with Gasteiger partial charge in [0, 0.05) is 17.3 Å². The number of anilines is 1. The van der Waals surface area contributed by atoms with Crippen molar-refractivity contribution in [3.05, 3.63) is 30.5 Å². The Morgan fingerprint density at radius 3 is 2.94 bits per heavy atom. The van der Waals surface area contributed by atoms with Gasteiger partial charge in [-0.1, -0.05) is 0 Å². The third-order valence-electron chi connectivity index (χ3n) is 2.63. The van der Waals surface area contributed by atoms with E-state index in [2.05, 4.69) is 4.98 Å². The molecule has 4 heteroatoms. The van der Waals surface area contributed by atoms with Crippen LogP contribution < -0.4 is 10.5 Å². The Labute approximate surface area is 93.0 Å². The van der Waals surface area contributed by atoms with E-state index in [1.807, 2.05) is 24.3 Å². The second-order valence-electron chi connectivity index (χ2n) is 3.86. The average Bonchev–Trinajstić information content (AvgIpc) is 2.23. The zero-order valence-electron chi connectivity index (χ0n) is 8.72. The van der Waals surface area contributed by atoms with Crippen molar-refractivity contribution < 1.29 is 9.47 Å². The van der Waals surface area contributed by atoms with Gasteiger partial charge in [0.1, 0.15) is 11.9 Å². The van der Waals surface area contributed by atoms with Crippen LogP contribution >= 0.6 is 0 Å². The molecule has 0 radical (unpaired) electrons. The van der Waals surface area contributed by atoms with Gasteiger partial charge in [-0.3, -0.25) is 4.98 Å². The van der Waals surface area contributed by atoms with Crippen LogP contribution in [0.3, 0.4) is 0 Å². The highest BCUT2D eigenvalue weighted by atomic mass is 16.6. The molecule has 2 aromatic rings. The monoisotopic (exact) mass is 216 g/mol. The lowest BCUT2D eigenvalue weighted by Gasteiger charge is -2.27. The van der Waals surface area contributed by atoms with Gasteiger partial charge in [0.05, 0.1) is 18.7 Å². The molecule has 0 aliphatic carbocycles. The maximum atomic E-state index is 5.80. The van der Waals surface area contributed by atoms with Gasteiger partial charge in [-0.25, -0.2) is 0 Å². The summed E-state index contributed by atoms with van der Waals surface area (Å²) in [6.07, 6.45) is 1.90. The fourth-order valence-corrected chi connectivity index (χ4v) is 1.70. The number of nitrogen functional groups attached to an aromatic ring is 1. The van der Waals surface area contributed by atoms with Crippen LogP contribution in [0.25, 0.3) is 10.9 Å². The maximum absolute atomic E-state index is 5.80. The average molecular weight is 216 g/mol. The Hall–Kier alpha value is -1.81. The third-order valence-corrected chi connectivity index (χ3v) is 2.63. The van der Waals surface area contributed by atoms with Gasteiger partial charge in [-0.15, -0.1) is 0 Å². The molecule has 0 spiro atoms. The van der Waals surface area contributed by atoms with E-state index in [1.54, 1.807) is 6.20 Å². The number of pyridine rings is 1. The summed E-state index contributed by atoms with van der Waals surface area (Å²) in [5.41, 5.74) is 7.28. The predicted molar refractivity (Wildman–Crippen MR) is 61.4 cm³/mol. The lowest BCUT2D eigenvalue weighted by atomic mass is 10.2.